The van der Waals surface area contributed by atoms with Gasteiger partial charge in [0, 0.05) is 6.07 Å². The van der Waals surface area contributed by atoms with Crippen molar-refractivity contribution in [3.63, 3.8) is 0 Å². The minimum Gasteiger partial charge on any atom is -0.502 e. The van der Waals surface area contributed by atoms with Gasteiger partial charge in [-0.3, -0.25) is 14.9 Å². The van der Waals surface area contributed by atoms with Crippen LogP contribution >= 0.6 is 0 Å². The molecule has 1 rings (SSSR count). The summed E-state index contributed by atoms with van der Waals surface area (Å²) in [6.45, 7) is 0. The molecule has 0 bridgehead atoms. The van der Waals surface area contributed by atoms with E-state index in [2.05, 4.69) is 0 Å². The number of carboxylic acid groups (broad SMARTS) is 1. The monoisotopic (exact) mass is 257 g/mol. The molecule has 8 heteroatoms. The van der Waals surface area contributed by atoms with Crippen LogP contribution in [0.25, 0.3) is 0 Å². The van der Waals surface area contributed by atoms with Crippen LogP contribution in [-0.2, 0) is 4.79 Å². The van der Waals surface area contributed by atoms with E-state index in [9.17, 15) is 30.2 Å². The summed E-state index contributed by atoms with van der Waals surface area (Å²) in [5.41, 5.74) is -0.550. The van der Waals surface area contributed by atoms with Crippen LogP contribution in [-0.4, -0.2) is 37.4 Å². The number of nitro groups is 1. The van der Waals surface area contributed by atoms with Gasteiger partial charge in [-0.15, -0.1) is 0 Å². The molecule has 8 nitrogen and oxygen atoms in total. The normalized spacial score (nSPS) is 13.9. The summed E-state index contributed by atoms with van der Waals surface area (Å²) < 4.78 is 0. The Kier molecular flexibility index (Phi) is 4.18. The zero-order valence-corrected chi connectivity index (χ0v) is 9.05. The van der Waals surface area contributed by atoms with Gasteiger partial charge in [0.25, 0.3) is 0 Å². The third-order valence-electron chi connectivity index (χ3n) is 2.29. The summed E-state index contributed by atoms with van der Waals surface area (Å²) in [4.78, 5) is 20.0. The maximum absolute atomic E-state index is 10.4. The molecule has 98 valence electrons. The average molecular weight is 257 g/mol. The second-order valence-corrected chi connectivity index (χ2v) is 3.62. The van der Waals surface area contributed by atoms with E-state index < -0.39 is 41.0 Å². The first-order chi connectivity index (χ1) is 8.32. The third-order valence-corrected chi connectivity index (χ3v) is 2.29. The first-order valence-corrected chi connectivity index (χ1v) is 4.88. The quantitative estimate of drug-likeness (QED) is 0.435. The van der Waals surface area contributed by atoms with Gasteiger partial charge in [-0.2, -0.15) is 0 Å². The smallest absolute Gasteiger partial charge is 0.310 e. The highest BCUT2D eigenvalue weighted by Gasteiger charge is 2.23. The lowest BCUT2D eigenvalue weighted by Gasteiger charge is -2.16. The maximum atomic E-state index is 10.4. The molecule has 18 heavy (non-hydrogen) atoms. The fourth-order valence-electron chi connectivity index (χ4n) is 1.39. The maximum Gasteiger partial charge on any atom is 0.310 e. The van der Waals surface area contributed by atoms with Crippen molar-refractivity contribution in [1.82, 2.24) is 0 Å². The molecule has 1 aromatic rings. The number of aliphatic hydroxyl groups is 2. The molecule has 0 heterocycles. The molecule has 0 amide bonds. The fraction of sp³-hybridized carbons (Fsp3) is 0.300. The van der Waals surface area contributed by atoms with Crippen LogP contribution in [0.1, 0.15) is 18.1 Å². The number of phenols is 1. The molecule has 0 aliphatic carbocycles. The first-order valence-electron chi connectivity index (χ1n) is 4.88. The number of aliphatic carboxylic acids is 1. The van der Waals surface area contributed by atoms with Gasteiger partial charge in [0.1, 0.15) is 6.10 Å². The lowest BCUT2D eigenvalue weighted by Crippen LogP contribution is -2.21. The van der Waals surface area contributed by atoms with Crippen molar-refractivity contribution >= 4 is 11.7 Å². The zero-order chi connectivity index (χ0) is 13.9. The highest BCUT2D eigenvalue weighted by molar-refractivity contribution is 5.67. The highest BCUT2D eigenvalue weighted by Crippen LogP contribution is 2.30. The van der Waals surface area contributed by atoms with Crippen molar-refractivity contribution in [3.05, 3.63) is 33.9 Å². The molecular formula is C10H11NO7. The molecule has 0 spiro atoms. The third kappa shape index (κ3) is 3.15. The van der Waals surface area contributed by atoms with E-state index >= 15 is 0 Å². The van der Waals surface area contributed by atoms with E-state index in [1.807, 2.05) is 0 Å². The second kappa shape index (κ2) is 5.43. The second-order valence-electron chi connectivity index (χ2n) is 3.62. The molecule has 0 saturated carbocycles. The van der Waals surface area contributed by atoms with E-state index in [1.165, 1.54) is 0 Å². The van der Waals surface area contributed by atoms with Gasteiger partial charge in [0.15, 0.2) is 5.75 Å². The number of benzene rings is 1. The SMILES string of the molecule is O=C(O)CC(O)C(O)c1ccc([N+](=O)[O-])c(O)c1. The van der Waals surface area contributed by atoms with Crippen LogP contribution in [0.5, 0.6) is 5.75 Å². The highest BCUT2D eigenvalue weighted by atomic mass is 16.6. The number of nitrogens with zero attached hydrogens (tertiary/aromatic N) is 1. The summed E-state index contributed by atoms with van der Waals surface area (Å²) in [7, 11) is 0. The number of aromatic hydroxyl groups is 1. The molecule has 0 saturated heterocycles. The molecular weight excluding hydrogens is 246 g/mol. The summed E-state index contributed by atoms with van der Waals surface area (Å²) in [5.74, 6) is -1.97. The van der Waals surface area contributed by atoms with Crippen LogP contribution in [0.4, 0.5) is 5.69 Å². The fourth-order valence-corrected chi connectivity index (χ4v) is 1.39. The molecule has 0 aliphatic rings. The van der Waals surface area contributed by atoms with Crippen molar-refractivity contribution in [2.24, 2.45) is 0 Å². The Bertz CT molecular complexity index is 473. The van der Waals surface area contributed by atoms with E-state index in [-0.39, 0.29) is 5.56 Å². The summed E-state index contributed by atoms with van der Waals surface area (Å²) >= 11 is 0. The molecule has 2 unspecified atom stereocenters. The summed E-state index contributed by atoms with van der Waals surface area (Å²) in [6.07, 6.45) is -3.80. The molecule has 2 atom stereocenters. The predicted octanol–water partition coefficient (Wildman–Crippen LogP) is 0.169. The summed E-state index contributed by atoms with van der Waals surface area (Å²) in [5, 5.41) is 47.2. The molecule has 0 aromatic heterocycles. The van der Waals surface area contributed by atoms with Crippen LogP contribution in [0.2, 0.25) is 0 Å². The van der Waals surface area contributed by atoms with Gasteiger partial charge in [0.05, 0.1) is 17.4 Å². The van der Waals surface area contributed by atoms with Crippen LogP contribution in [0, 0.1) is 10.1 Å². The Hall–Kier alpha value is -2.19. The van der Waals surface area contributed by atoms with Crippen molar-refractivity contribution in [1.29, 1.82) is 0 Å². The van der Waals surface area contributed by atoms with E-state index in [4.69, 9.17) is 5.11 Å². The van der Waals surface area contributed by atoms with Crippen molar-refractivity contribution < 1.29 is 30.1 Å². The minimum atomic E-state index is -1.57. The number of nitro benzene ring substituents is 1. The number of rotatable bonds is 5. The van der Waals surface area contributed by atoms with Gasteiger partial charge < -0.3 is 20.4 Å². The van der Waals surface area contributed by atoms with E-state index in [0.29, 0.717) is 0 Å². The Balaban J connectivity index is 2.93. The Labute approximate surface area is 101 Å². The van der Waals surface area contributed by atoms with Gasteiger partial charge in [-0.1, -0.05) is 0 Å². The summed E-state index contributed by atoms with van der Waals surface area (Å²) in [6, 6.07) is 3.00. The Morgan fingerprint density at radius 3 is 2.44 bits per heavy atom. The van der Waals surface area contributed by atoms with Crippen molar-refractivity contribution in [2.75, 3.05) is 0 Å². The number of hydrogen-bond acceptors (Lipinski definition) is 6. The van der Waals surface area contributed by atoms with Crippen LogP contribution < -0.4 is 0 Å². The largest absolute Gasteiger partial charge is 0.502 e. The number of hydrogen-bond donors (Lipinski definition) is 4. The Morgan fingerprint density at radius 2 is 2.00 bits per heavy atom. The average Bonchev–Trinajstić information content (AvgIpc) is 2.26. The van der Waals surface area contributed by atoms with E-state index in [0.717, 1.165) is 18.2 Å². The van der Waals surface area contributed by atoms with Gasteiger partial charge >= 0.3 is 11.7 Å². The van der Waals surface area contributed by atoms with E-state index in [1.54, 1.807) is 0 Å². The minimum absolute atomic E-state index is 0.00755. The molecule has 0 radical (unpaired) electrons. The first kappa shape index (κ1) is 13.9. The van der Waals surface area contributed by atoms with Crippen LogP contribution in [0.3, 0.4) is 0 Å². The topological polar surface area (TPSA) is 141 Å². The van der Waals surface area contributed by atoms with Gasteiger partial charge in [-0.05, 0) is 17.7 Å². The van der Waals surface area contributed by atoms with Gasteiger partial charge in [0.2, 0.25) is 0 Å². The standard InChI is InChI=1S/C10H11NO7/c12-7-3-5(1-2-6(7)11(17)18)10(16)8(13)4-9(14)15/h1-3,8,10,12-13,16H,4H2,(H,14,15). The number of aliphatic hydroxyl groups excluding tert-OH is 2. The predicted molar refractivity (Wildman–Crippen MR) is 58.0 cm³/mol. The molecule has 0 fully saturated rings. The van der Waals surface area contributed by atoms with Crippen LogP contribution in [0.15, 0.2) is 18.2 Å². The molecule has 0 aliphatic heterocycles. The molecule has 1 aromatic carbocycles. The lowest BCUT2D eigenvalue weighted by molar-refractivity contribution is -0.385. The molecule has 4 N–H and O–H groups in total. The van der Waals surface area contributed by atoms with Crippen molar-refractivity contribution in [2.45, 2.75) is 18.6 Å². The van der Waals surface area contributed by atoms with Crippen molar-refractivity contribution in [3.8, 4) is 5.75 Å². The Morgan fingerprint density at radius 1 is 1.39 bits per heavy atom. The lowest BCUT2D eigenvalue weighted by atomic mass is 10.0. The zero-order valence-electron chi connectivity index (χ0n) is 9.05. The number of carboxylic acids is 1. The number of phenolic OH excluding ortho intramolecular Hbond substituents is 1. The van der Waals surface area contributed by atoms with Gasteiger partial charge in [-0.25, -0.2) is 0 Å². The number of carbonyl (C=O) groups is 1.